The summed E-state index contributed by atoms with van der Waals surface area (Å²) >= 11 is -1.15. The molecule has 0 bridgehead atoms. The Labute approximate surface area is 601 Å². The second-order valence-electron chi connectivity index (χ2n) is 27.5. The standard InChI is InChI=1S/C96H64IN5/c1-96(2)84-41-19-15-37-77(84)82-49-50-88-91(92(82)96)83-40-18-22-44-87(83)100(88)93-97-94(101-85-42-20-16-38-78(85)80-47-45-69(59-89(80)101)65-33-23-35-67(51-65)75-55-71(61-25-7-3-8-26-61)53-72(56-75)62-27-9-4-10-28-62)99-95(98-93)102-86-43-21-17-39-79(86)81-48-46-70(60-90(81)102)66-34-24-36-68(52-66)76-57-73(63-29-11-5-12-30-63)54-74(58-76)64-31-13-6-14-32-64/h3-60H,1-2H3. The highest BCUT2D eigenvalue weighted by atomic mass is 127. The third-order valence-corrected chi connectivity index (χ3v) is 23.6. The highest BCUT2D eigenvalue weighted by Crippen LogP contribution is 2.53. The fraction of sp³-hybridized carbons (Fsp3) is 0.0312. The molecule has 0 N–H and O–H groups in total. The van der Waals surface area contributed by atoms with Crippen molar-refractivity contribution in [2.45, 2.75) is 19.3 Å². The van der Waals surface area contributed by atoms with E-state index in [0.717, 1.165) is 90.4 Å². The predicted octanol–water partition coefficient (Wildman–Crippen LogP) is 25.4. The lowest BCUT2D eigenvalue weighted by Crippen LogP contribution is -2.22. The van der Waals surface area contributed by atoms with Crippen molar-refractivity contribution >= 4 is 99.7 Å². The molecule has 20 rings (SSSR count). The Kier molecular flexibility index (Phi) is 14.0. The van der Waals surface area contributed by atoms with E-state index >= 15 is 0 Å². The largest absolute Gasteiger partial charge is 0.289 e. The molecule has 15 aromatic carbocycles. The van der Waals surface area contributed by atoms with Gasteiger partial charge in [-0.2, -0.15) is 9.98 Å². The normalized spacial score (nSPS) is 13.3. The Morgan fingerprint density at radius 1 is 0.245 bits per heavy atom. The van der Waals surface area contributed by atoms with Gasteiger partial charge in [0.25, 0.3) is 0 Å². The van der Waals surface area contributed by atoms with E-state index in [4.69, 9.17) is 9.98 Å². The highest BCUT2D eigenvalue weighted by molar-refractivity contribution is 14.2. The first-order valence-electron chi connectivity index (χ1n) is 35.0. The molecule has 3 aromatic heterocycles. The molecule has 18 aromatic rings. The van der Waals surface area contributed by atoms with E-state index < -0.39 is 20.7 Å². The lowest BCUT2D eigenvalue weighted by molar-refractivity contribution is 0.666. The molecule has 480 valence electrons. The van der Waals surface area contributed by atoms with Crippen molar-refractivity contribution in [2.24, 2.45) is 9.98 Å². The molecule has 1 aliphatic carbocycles. The van der Waals surface area contributed by atoms with Gasteiger partial charge >= 0.3 is 0 Å². The minimum Gasteiger partial charge on any atom is -0.289 e. The van der Waals surface area contributed by atoms with Crippen LogP contribution >= 0.6 is 20.7 Å². The van der Waals surface area contributed by atoms with Crippen LogP contribution in [0.3, 0.4) is 0 Å². The van der Waals surface area contributed by atoms with Crippen molar-refractivity contribution in [3.63, 3.8) is 0 Å². The van der Waals surface area contributed by atoms with E-state index in [-0.39, 0.29) is 5.41 Å². The summed E-state index contributed by atoms with van der Waals surface area (Å²) in [6.45, 7) is 4.81. The average molecular weight is 1410 g/mol. The summed E-state index contributed by atoms with van der Waals surface area (Å²) < 4.78 is 9.33. The molecule has 0 fully saturated rings. The van der Waals surface area contributed by atoms with Gasteiger partial charge in [-0.25, -0.2) is 0 Å². The van der Waals surface area contributed by atoms with Crippen LogP contribution in [0.4, 0.5) is 0 Å². The van der Waals surface area contributed by atoms with Crippen molar-refractivity contribution in [1.82, 2.24) is 13.7 Å². The number of halogens is 1. The van der Waals surface area contributed by atoms with Crippen molar-refractivity contribution < 1.29 is 0 Å². The van der Waals surface area contributed by atoms with Crippen molar-refractivity contribution in [2.75, 3.05) is 0 Å². The summed E-state index contributed by atoms with van der Waals surface area (Å²) in [5, 5.41) is 7.13. The first-order valence-corrected chi connectivity index (χ1v) is 37.1. The molecule has 102 heavy (non-hydrogen) atoms. The predicted molar refractivity (Wildman–Crippen MR) is 439 cm³/mol. The molecule has 2 aliphatic rings. The Balaban J connectivity index is 0.792. The van der Waals surface area contributed by atoms with Crippen LogP contribution in [0.2, 0.25) is 0 Å². The second kappa shape index (κ2) is 23.9. The second-order valence-corrected chi connectivity index (χ2v) is 29.9. The topological polar surface area (TPSA) is 39.5 Å². The number of aliphatic imine (C=N–C) groups is 2. The zero-order chi connectivity index (χ0) is 67.6. The van der Waals surface area contributed by atoms with Crippen LogP contribution in [-0.2, 0) is 5.41 Å². The first-order chi connectivity index (χ1) is 50.3. The van der Waals surface area contributed by atoms with E-state index in [1.807, 2.05) is 0 Å². The highest BCUT2D eigenvalue weighted by Gasteiger charge is 2.38. The van der Waals surface area contributed by atoms with Crippen molar-refractivity contribution in [3.8, 4) is 100 Å². The van der Waals surface area contributed by atoms with E-state index in [2.05, 4.69) is 379 Å². The van der Waals surface area contributed by atoms with Crippen LogP contribution in [0.25, 0.3) is 166 Å². The third kappa shape index (κ3) is 9.83. The number of hydrogen-bond donors (Lipinski definition) is 0. The van der Waals surface area contributed by atoms with Gasteiger partial charge in [0.05, 0.1) is 33.1 Å². The number of fused-ring (bicyclic) bond motifs is 13. The smallest absolute Gasteiger partial charge is 0.239 e. The van der Waals surface area contributed by atoms with Crippen LogP contribution in [0.5, 0.6) is 0 Å². The molecular weight excluding hydrogens is 1350 g/mol. The molecule has 1 aliphatic heterocycles. The summed E-state index contributed by atoms with van der Waals surface area (Å²) in [7, 11) is 0. The molecule has 0 atom stereocenters. The molecule has 0 amide bonds. The summed E-state index contributed by atoms with van der Waals surface area (Å²) in [5.74, 6) is 0.622. The maximum Gasteiger partial charge on any atom is 0.239 e. The Morgan fingerprint density at radius 3 is 1.11 bits per heavy atom. The van der Waals surface area contributed by atoms with Gasteiger partial charge in [-0.05, 0) is 196 Å². The van der Waals surface area contributed by atoms with Crippen molar-refractivity contribution in [1.29, 1.82) is 0 Å². The summed E-state index contributed by atoms with van der Waals surface area (Å²) in [6.07, 6.45) is 0. The molecule has 6 heteroatoms. The van der Waals surface area contributed by atoms with Gasteiger partial charge in [-0.3, -0.25) is 13.7 Å². The molecule has 0 radical (unpaired) electrons. The summed E-state index contributed by atoms with van der Waals surface area (Å²) in [4.78, 5) is 12.1. The number of hydrogen-bond acceptors (Lipinski definition) is 2. The van der Waals surface area contributed by atoms with Crippen LogP contribution in [-0.4, -0.2) is 27.3 Å². The number of rotatable bonds is 9. The maximum atomic E-state index is 6.05. The zero-order valence-corrected chi connectivity index (χ0v) is 58.3. The molecule has 0 unspecified atom stereocenters. The maximum absolute atomic E-state index is 6.05. The molecule has 0 saturated carbocycles. The summed E-state index contributed by atoms with van der Waals surface area (Å²) in [6, 6.07) is 130. The Hall–Kier alpha value is -12.4. The number of aromatic nitrogens is 3. The van der Waals surface area contributed by atoms with Gasteiger partial charge in [-0.1, -0.05) is 281 Å². The number of benzene rings is 15. The lowest BCUT2D eigenvalue weighted by Gasteiger charge is -2.22. The van der Waals surface area contributed by atoms with Gasteiger partial charge in [-0.15, -0.1) is 0 Å². The van der Waals surface area contributed by atoms with Gasteiger partial charge in [0.2, 0.25) is 5.96 Å². The van der Waals surface area contributed by atoms with Gasteiger partial charge in [0, 0.05) is 58.5 Å². The Morgan fingerprint density at radius 2 is 0.608 bits per heavy atom. The van der Waals surface area contributed by atoms with Gasteiger partial charge < -0.3 is 0 Å². The zero-order valence-electron chi connectivity index (χ0n) is 56.1. The third-order valence-electron chi connectivity index (χ3n) is 21.2. The minimum absolute atomic E-state index is 0.247. The van der Waals surface area contributed by atoms with Crippen molar-refractivity contribution in [3.05, 3.63) is 363 Å². The molecule has 5 nitrogen and oxygen atoms in total. The first kappa shape index (κ1) is 59.7. The fourth-order valence-corrected chi connectivity index (χ4v) is 19.0. The fourth-order valence-electron chi connectivity index (χ4n) is 16.4. The van der Waals surface area contributed by atoms with Crippen LogP contribution < -0.4 is 0 Å². The van der Waals surface area contributed by atoms with E-state index in [1.54, 1.807) is 0 Å². The Bertz CT molecular complexity index is 6160. The van der Waals surface area contributed by atoms with E-state index in [1.165, 1.54) is 93.9 Å². The van der Waals surface area contributed by atoms with Gasteiger partial charge in [0.1, 0.15) is 0 Å². The molecular formula is C96H64IN5. The van der Waals surface area contributed by atoms with Crippen LogP contribution in [0.15, 0.2) is 362 Å². The quantitative estimate of drug-likeness (QED) is 0.129. The minimum atomic E-state index is -1.15. The monoisotopic (exact) mass is 1410 g/mol. The van der Waals surface area contributed by atoms with E-state index in [9.17, 15) is 0 Å². The average Bonchev–Trinajstić information content (AvgIpc) is 1.54. The number of para-hydroxylation sites is 3. The lowest BCUT2D eigenvalue weighted by atomic mass is 9.80. The SMILES string of the molecule is CC1(C)c2ccccc2-c2ccc3c(c21)c1ccccc1n3C1=IC(n2c3ccccc3c3ccc(-c4cccc(-c5cc(-c6ccccc6)cc(-c6ccccc6)c5)c4)cc32)=NC(n2c3ccccc3c3ccc(-c4cccc(-c5cc(-c6ccccc6)cc(-c6ccccc6)c5)c4)cc32)=N1. The summed E-state index contributed by atoms with van der Waals surface area (Å²) in [5.41, 5.74) is 30.3. The van der Waals surface area contributed by atoms with Crippen LogP contribution in [0.1, 0.15) is 25.0 Å². The molecule has 4 heterocycles. The molecule has 0 spiro atoms. The molecule has 0 saturated heterocycles. The van der Waals surface area contributed by atoms with E-state index in [0.29, 0.717) is 5.96 Å². The van der Waals surface area contributed by atoms with Gasteiger partial charge in [0.15, 0.2) is 7.60 Å². The number of nitrogens with zero attached hydrogens (tertiary/aromatic N) is 5. The van der Waals surface area contributed by atoms with Crippen LogP contribution in [0, 0.1) is 0 Å².